The number of esters is 1. The molecule has 0 saturated carbocycles. The second-order valence-electron chi connectivity index (χ2n) is 8.07. The van der Waals surface area contributed by atoms with Gasteiger partial charge in [0.05, 0.1) is 13.5 Å². The van der Waals surface area contributed by atoms with E-state index in [1.54, 1.807) is 31.4 Å². The summed E-state index contributed by atoms with van der Waals surface area (Å²) in [6.45, 7) is -0.361. The maximum atomic E-state index is 13.4. The number of amides is 3. The Balaban J connectivity index is 1.54. The quantitative estimate of drug-likeness (QED) is 0.258. The van der Waals surface area contributed by atoms with Gasteiger partial charge in [0, 0.05) is 23.3 Å². The molecule has 3 amide bonds. The molecule has 2 atom stereocenters. The van der Waals surface area contributed by atoms with Crippen molar-refractivity contribution in [2.45, 2.75) is 24.1 Å². The van der Waals surface area contributed by atoms with E-state index < -0.39 is 35.0 Å². The van der Waals surface area contributed by atoms with E-state index in [1.165, 1.54) is 35.1 Å². The fourth-order valence-corrected chi connectivity index (χ4v) is 6.09. The van der Waals surface area contributed by atoms with Gasteiger partial charge in [0.1, 0.15) is 30.0 Å². The van der Waals surface area contributed by atoms with Crippen LogP contribution in [0.1, 0.15) is 10.4 Å². The minimum absolute atomic E-state index is 0.0660. The van der Waals surface area contributed by atoms with Gasteiger partial charge in [-0.1, -0.05) is 18.2 Å². The van der Waals surface area contributed by atoms with Gasteiger partial charge in [0.25, 0.3) is 11.6 Å². The van der Waals surface area contributed by atoms with Crippen LogP contribution in [0.2, 0.25) is 0 Å². The number of nitrogens with one attached hydrogen (secondary N) is 1. The van der Waals surface area contributed by atoms with Gasteiger partial charge < -0.3 is 30.0 Å². The Bertz CT molecular complexity index is 1220. The summed E-state index contributed by atoms with van der Waals surface area (Å²) in [7, 11) is 2.86. The van der Waals surface area contributed by atoms with Crippen molar-refractivity contribution < 1.29 is 38.1 Å². The third kappa shape index (κ3) is 5.43. The Labute approximate surface area is 220 Å². The third-order valence-electron chi connectivity index (χ3n) is 5.78. The highest BCUT2D eigenvalue weighted by atomic mass is 32.2. The second-order valence-corrected chi connectivity index (χ2v) is 10.2. The van der Waals surface area contributed by atoms with Crippen molar-refractivity contribution in [1.29, 1.82) is 0 Å². The van der Waals surface area contributed by atoms with Crippen molar-refractivity contribution in [2.75, 3.05) is 26.6 Å². The van der Waals surface area contributed by atoms with Crippen molar-refractivity contribution in [2.24, 2.45) is 5.73 Å². The SMILES string of the molecule is COc1ccc(COC(=O)C2=C(COC(N)=O)CS[C@@H]3N2C(=O)C3(NC(=O)Cc2cccs2)OC)cc1. The van der Waals surface area contributed by atoms with Crippen LogP contribution in [0.3, 0.4) is 0 Å². The first-order valence-electron chi connectivity index (χ1n) is 11.1. The number of carbonyl (C=O) groups is 4. The molecule has 2 aromatic rings. The van der Waals surface area contributed by atoms with E-state index in [0.717, 1.165) is 4.88 Å². The highest BCUT2D eigenvalue weighted by Gasteiger charge is 2.66. The Hall–Kier alpha value is -3.55. The van der Waals surface area contributed by atoms with E-state index in [-0.39, 0.29) is 31.1 Å². The maximum absolute atomic E-state index is 13.4. The number of primary amides is 1. The number of nitrogens with two attached hydrogens (primary N) is 1. The molecule has 37 heavy (non-hydrogen) atoms. The van der Waals surface area contributed by atoms with E-state index in [2.05, 4.69) is 5.32 Å². The number of thiophene rings is 1. The molecule has 1 unspecified atom stereocenters. The van der Waals surface area contributed by atoms with Crippen LogP contribution in [-0.4, -0.2) is 66.5 Å². The van der Waals surface area contributed by atoms with Crippen molar-refractivity contribution in [3.05, 3.63) is 63.5 Å². The van der Waals surface area contributed by atoms with Crippen LogP contribution in [0.25, 0.3) is 0 Å². The lowest BCUT2D eigenvalue weighted by molar-refractivity contribution is -0.193. The summed E-state index contributed by atoms with van der Waals surface area (Å²) in [6.07, 6.45) is -0.940. The molecule has 0 aliphatic carbocycles. The van der Waals surface area contributed by atoms with Crippen molar-refractivity contribution in [3.8, 4) is 5.75 Å². The molecule has 2 aliphatic rings. The minimum atomic E-state index is -1.66. The normalized spacial score (nSPS) is 20.5. The van der Waals surface area contributed by atoms with Gasteiger partial charge in [-0.3, -0.25) is 14.5 Å². The van der Waals surface area contributed by atoms with Gasteiger partial charge in [0.2, 0.25) is 5.91 Å². The predicted octanol–water partition coefficient (Wildman–Crippen LogP) is 1.77. The molecule has 0 radical (unpaired) electrons. The zero-order chi connectivity index (χ0) is 26.6. The first-order valence-corrected chi connectivity index (χ1v) is 13.0. The van der Waals surface area contributed by atoms with Crippen LogP contribution < -0.4 is 15.8 Å². The lowest BCUT2D eigenvalue weighted by atomic mass is 9.98. The summed E-state index contributed by atoms with van der Waals surface area (Å²) >= 11 is 2.68. The van der Waals surface area contributed by atoms with Gasteiger partial charge in [0.15, 0.2) is 0 Å². The number of carbonyl (C=O) groups excluding carboxylic acids is 4. The van der Waals surface area contributed by atoms with E-state index in [9.17, 15) is 19.2 Å². The van der Waals surface area contributed by atoms with E-state index in [1.807, 2.05) is 17.5 Å². The number of rotatable bonds is 10. The molecule has 0 bridgehead atoms. The number of ether oxygens (including phenoxy) is 4. The van der Waals surface area contributed by atoms with Gasteiger partial charge in [-0.2, -0.15) is 0 Å². The highest BCUT2D eigenvalue weighted by molar-refractivity contribution is 8.00. The van der Waals surface area contributed by atoms with E-state index >= 15 is 0 Å². The molecular formula is C24H25N3O8S2. The van der Waals surface area contributed by atoms with Crippen LogP contribution in [0.15, 0.2) is 53.0 Å². The van der Waals surface area contributed by atoms with Crippen LogP contribution in [0, 0.1) is 0 Å². The molecule has 196 valence electrons. The number of β-lactam (4-membered cyclic amide) rings is 1. The number of methoxy groups -OCH3 is 2. The molecule has 13 heteroatoms. The monoisotopic (exact) mass is 547 g/mol. The molecule has 1 aromatic carbocycles. The number of hydrogen-bond acceptors (Lipinski definition) is 10. The fourth-order valence-electron chi connectivity index (χ4n) is 3.96. The number of nitrogens with zero attached hydrogens (tertiary/aromatic N) is 1. The summed E-state index contributed by atoms with van der Waals surface area (Å²) < 4.78 is 21.0. The predicted molar refractivity (Wildman–Crippen MR) is 134 cm³/mol. The molecule has 0 spiro atoms. The lowest BCUT2D eigenvalue weighted by Gasteiger charge is -2.55. The fraction of sp³-hybridized carbons (Fsp3) is 0.333. The van der Waals surface area contributed by atoms with Gasteiger partial charge >= 0.3 is 12.1 Å². The van der Waals surface area contributed by atoms with Crippen molar-refractivity contribution >= 4 is 47.0 Å². The van der Waals surface area contributed by atoms with Gasteiger partial charge in [-0.15, -0.1) is 23.1 Å². The first kappa shape index (κ1) is 26.5. The molecule has 1 aromatic heterocycles. The maximum Gasteiger partial charge on any atom is 0.404 e. The molecule has 1 fully saturated rings. The topological polar surface area (TPSA) is 146 Å². The zero-order valence-electron chi connectivity index (χ0n) is 20.1. The molecule has 1 saturated heterocycles. The number of thioether (sulfide) groups is 1. The average molecular weight is 548 g/mol. The van der Waals surface area contributed by atoms with E-state index in [4.69, 9.17) is 24.7 Å². The Kier molecular flexibility index (Phi) is 8.05. The third-order valence-corrected chi connectivity index (χ3v) is 8.03. The van der Waals surface area contributed by atoms with Crippen molar-refractivity contribution in [3.63, 3.8) is 0 Å². The Morgan fingerprint density at radius 3 is 2.51 bits per heavy atom. The van der Waals surface area contributed by atoms with Gasteiger partial charge in [-0.05, 0) is 29.1 Å². The molecule has 3 N–H and O–H groups in total. The Morgan fingerprint density at radius 2 is 1.89 bits per heavy atom. The summed E-state index contributed by atoms with van der Waals surface area (Å²) in [5.41, 5.74) is 4.43. The number of hydrogen-bond donors (Lipinski definition) is 2. The number of fused-ring (bicyclic) bond motifs is 1. The van der Waals surface area contributed by atoms with Crippen LogP contribution >= 0.6 is 23.1 Å². The number of benzene rings is 1. The van der Waals surface area contributed by atoms with Crippen LogP contribution in [0.4, 0.5) is 4.79 Å². The summed E-state index contributed by atoms with van der Waals surface area (Å²) in [5.74, 6) is -0.958. The standard InChI is InChI=1S/C24H25N3O8S2/c1-32-16-7-5-14(6-8-16)11-34-20(29)19-15(12-35-23(25)31)13-37-22-24(33-2,21(30)27(19)22)26-18(28)10-17-4-3-9-36-17/h3-9,22H,10-13H2,1-2H3,(H2,25,31)(H,26,28)/t22-,24?/m0/s1. The molecule has 11 nitrogen and oxygen atoms in total. The Morgan fingerprint density at radius 1 is 1.14 bits per heavy atom. The molecule has 4 rings (SSSR count). The summed E-state index contributed by atoms with van der Waals surface area (Å²) in [6, 6.07) is 10.6. The van der Waals surface area contributed by atoms with Crippen LogP contribution in [0.5, 0.6) is 5.75 Å². The largest absolute Gasteiger partial charge is 0.497 e. The second kappa shape index (κ2) is 11.2. The van der Waals surface area contributed by atoms with Crippen molar-refractivity contribution in [1.82, 2.24) is 10.2 Å². The molecule has 2 aliphatic heterocycles. The molecule has 3 heterocycles. The zero-order valence-corrected chi connectivity index (χ0v) is 21.7. The molecular weight excluding hydrogens is 522 g/mol. The first-order chi connectivity index (χ1) is 17.8. The summed E-state index contributed by atoms with van der Waals surface area (Å²) in [4.78, 5) is 52.6. The minimum Gasteiger partial charge on any atom is -0.497 e. The average Bonchev–Trinajstić information content (AvgIpc) is 3.41. The summed E-state index contributed by atoms with van der Waals surface area (Å²) in [5, 5.41) is 3.82. The van der Waals surface area contributed by atoms with E-state index in [0.29, 0.717) is 16.9 Å². The van der Waals surface area contributed by atoms with Gasteiger partial charge in [-0.25, -0.2) is 9.59 Å². The van der Waals surface area contributed by atoms with Crippen LogP contribution in [-0.2, 0) is 41.6 Å². The lowest BCUT2D eigenvalue weighted by Crippen LogP contribution is -2.80. The smallest absolute Gasteiger partial charge is 0.404 e. The highest BCUT2D eigenvalue weighted by Crippen LogP contribution is 2.47.